The SMILES string of the molecule is Cc1ccc(OCC(=O)OCC(=O)N[C@H](C)c2ccccc2Cl)c(C)c1. The van der Waals surface area contributed by atoms with Crippen LogP contribution < -0.4 is 10.1 Å². The smallest absolute Gasteiger partial charge is 0.344 e. The van der Waals surface area contributed by atoms with Crippen molar-refractivity contribution in [2.45, 2.75) is 26.8 Å². The third-order valence-electron chi connectivity index (χ3n) is 3.79. The van der Waals surface area contributed by atoms with Gasteiger partial charge in [0.15, 0.2) is 13.2 Å². The van der Waals surface area contributed by atoms with Gasteiger partial charge in [-0.15, -0.1) is 0 Å². The molecule has 0 heterocycles. The lowest BCUT2D eigenvalue weighted by Gasteiger charge is -2.15. The van der Waals surface area contributed by atoms with Crippen LogP contribution >= 0.6 is 11.6 Å². The highest BCUT2D eigenvalue weighted by Gasteiger charge is 2.14. The van der Waals surface area contributed by atoms with Gasteiger partial charge in [0.2, 0.25) is 0 Å². The van der Waals surface area contributed by atoms with Gasteiger partial charge in [-0.2, -0.15) is 0 Å². The van der Waals surface area contributed by atoms with Gasteiger partial charge < -0.3 is 14.8 Å². The van der Waals surface area contributed by atoms with Crippen LogP contribution in [0.25, 0.3) is 0 Å². The summed E-state index contributed by atoms with van der Waals surface area (Å²) in [5.74, 6) is -0.396. The minimum absolute atomic E-state index is 0.253. The molecule has 0 spiro atoms. The third-order valence-corrected chi connectivity index (χ3v) is 4.13. The number of benzene rings is 2. The number of nitrogens with one attached hydrogen (secondary N) is 1. The van der Waals surface area contributed by atoms with E-state index in [4.69, 9.17) is 21.1 Å². The number of esters is 1. The number of hydrogen-bond acceptors (Lipinski definition) is 4. The molecule has 0 saturated heterocycles. The first kappa shape index (κ1) is 19.8. The zero-order chi connectivity index (χ0) is 19.1. The summed E-state index contributed by atoms with van der Waals surface area (Å²) in [6, 6.07) is 12.6. The van der Waals surface area contributed by atoms with Crippen LogP contribution in [-0.2, 0) is 14.3 Å². The van der Waals surface area contributed by atoms with Gasteiger partial charge in [0.05, 0.1) is 6.04 Å². The van der Waals surface area contributed by atoms with Crippen molar-refractivity contribution in [3.05, 3.63) is 64.2 Å². The van der Waals surface area contributed by atoms with E-state index in [0.29, 0.717) is 10.8 Å². The fourth-order valence-electron chi connectivity index (χ4n) is 2.47. The minimum atomic E-state index is -0.606. The summed E-state index contributed by atoms with van der Waals surface area (Å²) in [7, 11) is 0. The first-order valence-electron chi connectivity index (χ1n) is 8.26. The monoisotopic (exact) mass is 375 g/mol. The number of halogens is 1. The molecule has 0 radical (unpaired) electrons. The zero-order valence-electron chi connectivity index (χ0n) is 15.0. The van der Waals surface area contributed by atoms with Crippen LogP contribution in [-0.4, -0.2) is 25.1 Å². The van der Waals surface area contributed by atoms with Gasteiger partial charge in [0.1, 0.15) is 5.75 Å². The molecule has 1 amide bonds. The van der Waals surface area contributed by atoms with E-state index in [1.165, 1.54) is 0 Å². The second kappa shape index (κ2) is 9.25. The maximum atomic E-state index is 11.9. The van der Waals surface area contributed by atoms with E-state index in [1.807, 2.05) is 51.1 Å². The van der Waals surface area contributed by atoms with Crippen LogP contribution in [0.1, 0.15) is 29.7 Å². The van der Waals surface area contributed by atoms with E-state index in [9.17, 15) is 9.59 Å². The van der Waals surface area contributed by atoms with Gasteiger partial charge in [-0.3, -0.25) is 4.79 Å². The molecule has 0 aromatic heterocycles. The molecule has 0 bridgehead atoms. The molecular formula is C20H22ClNO4. The van der Waals surface area contributed by atoms with Crippen LogP contribution in [0.4, 0.5) is 0 Å². The molecular weight excluding hydrogens is 354 g/mol. The van der Waals surface area contributed by atoms with Crippen LogP contribution in [0.15, 0.2) is 42.5 Å². The molecule has 138 valence electrons. The standard InChI is InChI=1S/C20H22ClNO4/c1-13-8-9-18(14(2)10-13)25-12-20(24)26-11-19(23)22-15(3)16-6-4-5-7-17(16)21/h4-10,15H,11-12H2,1-3H3,(H,22,23)/t15-/m1/s1. The van der Waals surface area contributed by atoms with Gasteiger partial charge in [-0.25, -0.2) is 4.79 Å². The fraction of sp³-hybridized carbons (Fsp3) is 0.300. The normalized spacial score (nSPS) is 11.5. The molecule has 0 aliphatic heterocycles. The molecule has 2 aromatic carbocycles. The van der Waals surface area contributed by atoms with Crippen molar-refractivity contribution in [2.24, 2.45) is 0 Å². The Morgan fingerprint density at radius 3 is 2.54 bits per heavy atom. The maximum Gasteiger partial charge on any atom is 0.344 e. The summed E-state index contributed by atoms with van der Waals surface area (Å²) in [6.07, 6.45) is 0. The quantitative estimate of drug-likeness (QED) is 0.748. The fourth-order valence-corrected chi connectivity index (χ4v) is 2.77. The largest absolute Gasteiger partial charge is 0.482 e. The van der Waals surface area contributed by atoms with Crippen molar-refractivity contribution < 1.29 is 19.1 Å². The van der Waals surface area contributed by atoms with Crippen molar-refractivity contribution in [3.63, 3.8) is 0 Å². The van der Waals surface area contributed by atoms with E-state index in [2.05, 4.69) is 5.32 Å². The molecule has 1 atom stereocenters. The highest BCUT2D eigenvalue weighted by molar-refractivity contribution is 6.31. The second-order valence-electron chi connectivity index (χ2n) is 6.03. The molecule has 6 heteroatoms. The molecule has 0 unspecified atom stereocenters. The van der Waals surface area contributed by atoms with E-state index < -0.39 is 11.9 Å². The number of hydrogen-bond donors (Lipinski definition) is 1. The summed E-state index contributed by atoms with van der Waals surface area (Å²) in [6.45, 7) is 5.07. The topological polar surface area (TPSA) is 64.6 Å². The summed E-state index contributed by atoms with van der Waals surface area (Å²) in [5.41, 5.74) is 2.85. The van der Waals surface area contributed by atoms with Crippen molar-refractivity contribution in [3.8, 4) is 5.75 Å². The Labute approximate surface area is 158 Å². The molecule has 5 nitrogen and oxygen atoms in total. The summed E-state index contributed by atoms with van der Waals surface area (Å²) >= 11 is 6.10. The van der Waals surface area contributed by atoms with E-state index in [-0.39, 0.29) is 19.3 Å². The van der Waals surface area contributed by atoms with Crippen LogP contribution in [0.5, 0.6) is 5.75 Å². The van der Waals surface area contributed by atoms with E-state index in [0.717, 1.165) is 16.7 Å². The molecule has 0 saturated carbocycles. The van der Waals surface area contributed by atoms with Crippen LogP contribution in [0.3, 0.4) is 0 Å². The molecule has 0 aliphatic rings. The number of aryl methyl sites for hydroxylation is 2. The Hall–Kier alpha value is -2.53. The van der Waals surface area contributed by atoms with E-state index in [1.54, 1.807) is 12.1 Å². The average molecular weight is 376 g/mol. The third kappa shape index (κ3) is 5.77. The number of carbonyl (C=O) groups is 2. The zero-order valence-corrected chi connectivity index (χ0v) is 15.8. The lowest BCUT2D eigenvalue weighted by molar-refractivity contribution is -0.150. The predicted molar refractivity (Wildman–Crippen MR) is 100 cm³/mol. The van der Waals surface area contributed by atoms with Gasteiger partial charge in [-0.1, -0.05) is 47.5 Å². The molecule has 1 N–H and O–H groups in total. The lowest BCUT2D eigenvalue weighted by Crippen LogP contribution is -2.32. The molecule has 0 fully saturated rings. The van der Waals surface area contributed by atoms with E-state index >= 15 is 0 Å². The Kier molecular flexibility index (Phi) is 7.04. The van der Waals surface area contributed by atoms with Gasteiger partial charge >= 0.3 is 5.97 Å². The van der Waals surface area contributed by atoms with Crippen LogP contribution in [0.2, 0.25) is 5.02 Å². The number of carbonyl (C=O) groups excluding carboxylic acids is 2. The van der Waals surface area contributed by atoms with Gasteiger partial charge in [0, 0.05) is 5.02 Å². The number of rotatable bonds is 7. The summed E-state index contributed by atoms with van der Waals surface area (Å²) in [4.78, 5) is 23.7. The molecule has 2 aromatic rings. The first-order valence-corrected chi connectivity index (χ1v) is 8.64. The summed E-state index contributed by atoms with van der Waals surface area (Å²) in [5, 5.41) is 3.31. The molecule has 0 aliphatic carbocycles. The Morgan fingerprint density at radius 1 is 1.12 bits per heavy atom. The van der Waals surface area contributed by atoms with Crippen molar-refractivity contribution in [1.82, 2.24) is 5.32 Å². The Balaban J connectivity index is 1.76. The lowest BCUT2D eigenvalue weighted by atomic mass is 10.1. The predicted octanol–water partition coefficient (Wildman–Crippen LogP) is 3.76. The highest BCUT2D eigenvalue weighted by Crippen LogP contribution is 2.22. The van der Waals surface area contributed by atoms with Crippen molar-refractivity contribution in [1.29, 1.82) is 0 Å². The van der Waals surface area contributed by atoms with Gasteiger partial charge in [0.25, 0.3) is 5.91 Å². The molecule has 2 rings (SSSR count). The summed E-state index contributed by atoms with van der Waals surface area (Å²) < 4.78 is 10.4. The van der Waals surface area contributed by atoms with Gasteiger partial charge in [-0.05, 0) is 44.0 Å². The first-order chi connectivity index (χ1) is 12.4. The minimum Gasteiger partial charge on any atom is -0.482 e. The highest BCUT2D eigenvalue weighted by atomic mass is 35.5. The number of amides is 1. The Bertz CT molecular complexity index is 791. The maximum absolute atomic E-state index is 11.9. The Morgan fingerprint density at radius 2 is 1.85 bits per heavy atom. The van der Waals surface area contributed by atoms with Crippen molar-refractivity contribution >= 4 is 23.5 Å². The molecule has 26 heavy (non-hydrogen) atoms. The number of ether oxygens (including phenoxy) is 2. The second-order valence-corrected chi connectivity index (χ2v) is 6.44. The average Bonchev–Trinajstić information content (AvgIpc) is 2.59. The van der Waals surface area contributed by atoms with Crippen molar-refractivity contribution in [2.75, 3.05) is 13.2 Å². The van der Waals surface area contributed by atoms with Crippen LogP contribution in [0, 0.1) is 13.8 Å².